The molecule has 23 heavy (non-hydrogen) atoms. The fourth-order valence-electron chi connectivity index (χ4n) is 3.05. The van der Waals surface area contributed by atoms with E-state index in [4.69, 9.17) is 4.12 Å². The highest BCUT2D eigenvalue weighted by atomic mass is 28.4. The molecule has 5 nitrogen and oxygen atoms in total. The van der Waals surface area contributed by atoms with E-state index in [1.807, 2.05) is 40.0 Å². The van der Waals surface area contributed by atoms with Crippen LogP contribution in [0.1, 0.15) is 26.7 Å². The molecule has 0 atom stereocenters. The second kappa shape index (κ2) is 7.76. The Morgan fingerprint density at radius 2 is 0.957 bits per heavy atom. The van der Waals surface area contributed by atoms with Crippen LogP contribution in [-0.2, 0) is 4.12 Å². The van der Waals surface area contributed by atoms with Crippen LogP contribution >= 0.6 is 0 Å². The number of nitriles is 4. The lowest BCUT2D eigenvalue weighted by atomic mass is 9.91. The molecule has 0 aromatic heterocycles. The van der Waals surface area contributed by atoms with Gasteiger partial charge in [0.05, 0.1) is 24.3 Å². The largest absolute Gasteiger partial charge is 0.455 e. The van der Waals surface area contributed by atoms with Crippen molar-refractivity contribution in [2.75, 3.05) is 0 Å². The molecule has 0 aromatic rings. The van der Waals surface area contributed by atoms with Gasteiger partial charge in [-0.3, -0.25) is 0 Å². The summed E-state index contributed by atoms with van der Waals surface area (Å²) in [6, 6.07) is 9.46. The second-order valence-corrected chi connectivity index (χ2v) is 15.9. The van der Waals surface area contributed by atoms with Crippen LogP contribution in [0, 0.1) is 56.2 Å². The maximum Gasteiger partial charge on any atom is 0.176 e. The molecule has 0 bridgehead atoms. The zero-order chi connectivity index (χ0) is 18.4. The Labute approximate surface area is 142 Å². The minimum atomic E-state index is -2.28. The van der Waals surface area contributed by atoms with Crippen molar-refractivity contribution in [2.45, 2.75) is 65.0 Å². The van der Waals surface area contributed by atoms with Gasteiger partial charge in [0.15, 0.2) is 16.6 Å². The van der Waals surface area contributed by atoms with Gasteiger partial charge < -0.3 is 4.12 Å². The fraction of sp³-hybridized carbons (Fsp3) is 0.750. The van der Waals surface area contributed by atoms with Gasteiger partial charge in [-0.1, -0.05) is 13.8 Å². The van der Waals surface area contributed by atoms with Gasteiger partial charge in [0.1, 0.15) is 10.8 Å². The maximum atomic E-state index is 9.36. The van der Waals surface area contributed by atoms with E-state index in [1.54, 1.807) is 0 Å². The normalized spacial score (nSPS) is 12.6. The summed E-state index contributed by atoms with van der Waals surface area (Å²) in [6.07, 6.45) is 0.939. The molecule has 0 aliphatic carbocycles. The first-order valence-electron chi connectivity index (χ1n) is 7.84. The van der Waals surface area contributed by atoms with Crippen LogP contribution in [0.15, 0.2) is 0 Å². The summed E-state index contributed by atoms with van der Waals surface area (Å²) >= 11 is 0. The summed E-state index contributed by atoms with van der Waals surface area (Å²) in [5.74, 6) is 0. The molecule has 0 fully saturated rings. The Hall–Kier alpha value is -1.65. The Morgan fingerprint density at radius 1 is 0.696 bits per heavy atom. The van der Waals surface area contributed by atoms with Gasteiger partial charge >= 0.3 is 0 Å². The molecule has 0 heterocycles. The molecule has 124 valence electrons. The minimum absolute atomic E-state index is 0.443. The topological polar surface area (TPSA) is 104 Å². The first-order chi connectivity index (χ1) is 10.5. The Kier molecular flexibility index (Phi) is 7.20. The third-order valence-electron chi connectivity index (χ3n) is 4.07. The molecule has 0 aliphatic rings. The molecule has 0 unspecified atom stereocenters. The lowest BCUT2D eigenvalue weighted by Crippen LogP contribution is -2.48. The molecule has 0 aliphatic heterocycles. The summed E-state index contributed by atoms with van der Waals surface area (Å²) in [6.45, 7) is 11.7. The standard InChI is InChI=1S/C16H26N4OSi2/c1-7-15(9-17,10-18)13-22(3,4)21-23(5,6)14-16(8-2,11-19)12-20/h7-8,13-14H2,1-6H3. The molecular formula is C16H26N4OSi2. The van der Waals surface area contributed by atoms with Crippen molar-refractivity contribution in [3.8, 4) is 24.3 Å². The SMILES string of the molecule is CCC(C#N)(C#N)C[Si](C)(C)O[Si](C)(C)CC(C#N)(C#N)CC. The Morgan fingerprint density at radius 3 is 1.13 bits per heavy atom. The van der Waals surface area contributed by atoms with Crippen LogP contribution in [0.25, 0.3) is 0 Å². The molecule has 7 heteroatoms. The summed E-state index contributed by atoms with van der Waals surface area (Å²) < 4.78 is 6.42. The highest BCUT2D eigenvalue weighted by Crippen LogP contribution is 2.37. The predicted molar refractivity (Wildman–Crippen MR) is 93.6 cm³/mol. The zero-order valence-electron chi connectivity index (χ0n) is 15.0. The summed E-state index contributed by atoms with van der Waals surface area (Å²) in [5.41, 5.74) is -2.01. The van der Waals surface area contributed by atoms with Crippen LogP contribution in [0.3, 0.4) is 0 Å². The van der Waals surface area contributed by atoms with E-state index in [2.05, 4.69) is 24.3 Å². The van der Waals surface area contributed by atoms with E-state index in [1.165, 1.54) is 0 Å². The Bertz CT molecular complexity index is 507. The molecule has 0 N–H and O–H groups in total. The molecule has 0 saturated heterocycles. The van der Waals surface area contributed by atoms with Crippen LogP contribution in [-0.4, -0.2) is 16.6 Å². The van der Waals surface area contributed by atoms with Crippen molar-refractivity contribution in [2.24, 2.45) is 10.8 Å². The van der Waals surface area contributed by atoms with E-state index in [0.717, 1.165) is 0 Å². The van der Waals surface area contributed by atoms with Crippen molar-refractivity contribution >= 4 is 16.6 Å². The van der Waals surface area contributed by atoms with Gasteiger partial charge in [0.2, 0.25) is 0 Å². The van der Waals surface area contributed by atoms with Crippen LogP contribution in [0.2, 0.25) is 38.3 Å². The highest BCUT2D eigenvalue weighted by Gasteiger charge is 2.44. The number of hydrogen-bond donors (Lipinski definition) is 0. The second-order valence-electron chi connectivity index (χ2n) is 7.29. The van der Waals surface area contributed by atoms with Crippen LogP contribution < -0.4 is 0 Å². The van der Waals surface area contributed by atoms with E-state index >= 15 is 0 Å². The number of hydrogen-bond acceptors (Lipinski definition) is 5. The third kappa shape index (κ3) is 5.81. The zero-order valence-corrected chi connectivity index (χ0v) is 17.0. The van der Waals surface area contributed by atoms with Crippen LogP contribution in [0.4, 0.5) is 0 Å². The highest BCUT2D eigenvalue weighted by molar-refractivity contribution is 6.85. The van der Waals surface area contributed by atoms with Gasteiger partial charge in [-0.2, -0.15) is 21.0 Å². The first kappa shape index (κ1) is 21.4. The molecule has 0 saturated carbocycles. The van der Waals surface area contributed by atoms with Crippen molar-refractivity contribution in [1.82, 2.24) is 0 Å². The molecule has 0 spiro atoms. The van der Waals surface area contributed by atoms with Gasteiger partial charge in [-0.15, -0.1) is 0 Å². The monoisotopic (exact) mass is 346 g/mol. The van der Waals surface area contributed by atoms with Gasteiger partial charge in [0, 0.05) is 0 Å². The maximum absolute atomic E-state index is 9.36. The molecule has 0 radical (unpaired) electrons. The summed E-state index contributed by atoms with van der Waals surface area (Å²) in [4.78, 5) is 0. The summed E-state index contributed by atoms with van der Waals surface area (Å²) in [5, 5.41) is 37.4. The van der Waals surface area contributed by atoms with Crippen molar-refractivity contribution in [3.63, 3.8) is 0 Å². The quantitative estimate of drug-likeness (QED) is 0.609. The van der Waals surface area contributed by atoms with Gasteiger partial charge in [-0.25, -0.2) is 0 Å². The Balaban J connectivity index is 5.31. The minimum Gasteiger partial charge on any atom is -0.455 e. The fourth-order valence-corrected chi connectivity index (χ4v) is 13.3. The van der Waals surface area contributed by atoms with E-state index in [0.29, 0.717) is 24.9 Å². The van der Waals surface area contributed by atoms with Gasteiger partial charge in [-0.05, 0) is 51.1 Å². The number of rotatable bonds is 8. The third-order valence-corrected chi connectivity index (χ3v) is 11.4. The lowest BCUT2D eigenvalue weighted by molar-refractivity contribution is 0.458. The van der Waals surface area contributed by atoms with Crippen LogP contribution in [0.5, 0.6) is 0 Å². The molecular weight excluding hydrogens is 320 g/mol. The molecule has 0 amide bonds. The van der Waals surface area contributed by atoms with Crippen molar-refractivity contribution < 1.29 is 4.12 Å². The van der Waals surface area contributed by atoms with E-state index in [9.17, 15) is 21.0 Å². The molecule has 0 rings (SSSR count). The molecule has 0 aromatic carbocycles. The number of nitrogens with zero attached hydrogens (tertiary/aromatic N) is 4. The first-order valence-corrected chi connectivity index (χ1v) is 14.1. The van der Waals surface area contributed by atoms with Gasteiger partial charge in [0.25, 0.3) is 0 Å². The van der Waals surface area contributed by atoms with E-state index in [-0.39, 0.29) is 0 Å². The lowest BCUT2D eigenvalue weighted by Gasteiger charge is -2.38. The van der Waals surface area contributed by atoms with Crippen molar-refractivity contribution in [3.05, 3.63) is 0 Å². The predicted octanol–water partition coefficient (Wildman–Crippen LogP) is 4.30. The summed E-state index contributed by atoms with van der Waals surface area (Å²) in [7, 11) is -4.55. The van der Waals surface area contributed by atoms with Crippen molar-refractivity contribution in [1.29, 1.82) is 21.0 Å². The average Bonchev–Trinajstić information content (AvgIpc) is 2.49. The van der Waals surface area contributed by atoms with E-state index < -0.39 is 27.5 Å². The average molecular weight is 347 g/mol. The smallest absolute Gasteiger partial charge is 0.176 e.